The minimum atomic E-state index is 0.112. The number of nitrogens with zero attached hydrogens (tertiary/aromatic N) is 2. The van der Waals surface area contributed by atoms with Gasteiger partial charge in [0.05, 0.1) is 12.5 Å². The van der Waals surface area contributed by atoms with Gasteiger partial charge in [-0.1, -0.05) is 0 Å². The Morgan fingerprint density at radius 2 is 2.53 bits per heavy atom. The molecule has 1 fully saturated rings. The maximum Gasteiger partial charge on any atom is 0.224 e. The van der Waals surface area contributed by atoms with Gasteiger partial charge in [0, 0.05) is 25.0 Å². The van der Waals surface area contributed by atoms with E-state index in [0.717, 1.165) is 25.9 Å². The van der Waals surface area contributed by atoms with Crippen LogP contribution in [0.1, 0.15) is 19.8 Å². The van der Waals surface area contributed by atoms with Gasteiger partial charge in [0.2, 0.25) is 5.91 Å². The van der Waals surface area contributed by atoms with Crippen LogP contribution in [0.15, 0.2) is 18.5 Å². The van der Waals surface area contributed by atoms with Crippen LogP contribution < -0.4 is 10.6 Å². The molecule has 1 aromatic rings. The highest BCUT2D eigenvalue weighted by Gasteiger charge is 2.26. The van der Waals surface area contributed by atoms with E-state index in [1.807, 2.05) is 16.9 Å². The molecule has 2 unspecified atom stereocenters. The Morgan fingerprint density at radius 3 is 3.24 bits per heavy atom. The number of rotatable bonds is 4. The lowest BCUT2D eigenvalue weighted by Gasteiger charge is -2.28. The normalized spacial score (nSPS) is 24.5. The van der Waals surface area contributed by atoms with Crippen LogP contribution in [0.2, 0.25) is 0 Å². The first-order chi connectivity index (χ1) is 8.27. The summed E-state index contributed by atoms with van der Waals surface area (Å²) in [6.07, 6.45) is 5.72. The molecule has 94 valence electrons. The van der Waals surface area contributed by atoms with Crippen LogP contribution in [-0.4, -0.2) is 34.8 Å². The second kappa shape index (κ2) is 5.82. The Balaban J connectivity index is 1.73. The van der Waals surface area contributed by atoms with Gasteiger partial charge in [-0.25, -0.2) is 0 Å². The van der Waals surface area contributed by atoms with Crippen molar-refractivity contribution in [2.24, 2.45) is 5.92 Å². The van der Waals surface area contributed by atoms with Gasteiger partial charge in [-0.15, -0.1) is 0 Å². The number of piperidine rings is 1. The number of amides is 1. The van der Waals surface area contributed by atoms with Crippen molar-refractivity contribution in [3.63, 3.8) is 0 Å². The second-order valence-electron chi connectivity index (χ2n) is 4.55. The van der Waals surface area contributed by atoms with Crippen LogP contribution in [0.5, 0.6) is 0 Å². The van der Waals surface area contributed by atoms with E-state index in [1.54, 1.807) is 6.20 Å². The molecule has 1 amide bonds. The fourth-order valence-electron chi connectivity index (χ4n) is 2.26. The van der Waals surface area contributed by atoms with Crippen molar-refractivity contribution >= 4 is 5.91 Å². The predicted molar refractivity (Wildman–Crippen MR) is 65.4 cm³/mol. The standard InChI is InChI=1S/C12H20N4O/c1-10-11(4-2-5-13-10)12(17)14-7-9-16-8-3-6-15-16/h3,6,8,10-11,13H,2,4-5,7,9H2,1H3,(H,14,17). The van der Waals surface area contributed by atoms with Gasteiger partial charge in [-0.3, -0.25) is 9.48 Å². The predicted octanol–water partition coefficient (Wildman–Crippen LogP) is 0.387. The zero-order valence-electron chi connectivity index (χ0n) is 10.2. The van der Waals surface area contributed by atoms with E-state index in [-0.39, 0.29) is 17.9 Å². The fourth-order valence-corrected chi connectivity index (χ4v) is 2.26. The van der Waals surface area contributed by atoms with Crippen molar-refractivity contribution in [2.75, 3.05) is 13.1 Å². The van der Waals surface area contributed by atoms with E-state index in [2.05, 4.69) is 22.7 Å². The molecule has 0 bridgehead atoms. The Kier molecular flexibility index (Phi) is 4.14. The molecule has 2 rings (SSSR count). The molecule has 0 aliphatic carbocycles. The fraction of sp³-hybridized carbons (Fsp3) is 0.667. The van der Waals surface area contributed by atoms with Crippen molar-refractivity contribution in [1.82, 2.24) is 20.4 Å². The van der Waals surface area contributed by atoms with Gasteiger partial charge in [0.1, 0.15) is 0 Å². The summed E-state index contributed by atoms with van der Waals surface area (Å²) in [5.41, 5.74) is 0. The van der Waals surface area contributed by atoms with E-state index in [9.17, 15) is 4.79 Å². The largest absolute Gasteiger partial charge is 0.354 e. The molecule has 1 saturated heterocycles. The highest BCUT2D eigenvalue weighted by molar-refractivity contribution is 5.79. The molecule has 0 spiro atoms. The molecule has 17 heavy (non-hydrogen) atoms. The molecule has 2 atom stereocenters. The average Bonchev–Trinajstić information content (AvgIpc) is 2.82. The molecular formula is C12H20N4O. The topological polar surface area (TPSA) is 59.0 Å². The van der Waals surface area contributed by atoms with Crippen LogP contribution in [0.4, 0.5) is 0 Å². The summed E-state index contributed by atoms with van der Waals surface area (Å²) in [5, 5.41) is 10.4. The number of nitrogens with one attached hydrogen (secondary N) is 2. The number of aromatic nitrogens is 2. The molecule has 0 radical (unpaired) electrons. The van der Waals surface area contributed by atoms with Gasteiger partial charge in [0.25, 0.3) is 0 Å². The van der Waals surface area contributed by atoms with E-state index in [0.29, 0.717) is 6.54 Å². The minimum Gasteiger partial charge on any atom is -0.354 e. The van der Waals surface area contributed by atoms with Gasteiger partial charge in [-0.05, 0) is 32.4 Å². The Labute approximate surface area is 102 Å². The molecule has 0 aromatic carbocycles. The first kappa shape index (κ1) is 12.1. The summed E-state index contributed by atoms with van der Waals surface area (Å²) in [4.78, 5) is 12.0. The van der Waals surface area contributed by atoms with Crippen LogP contribution in [0, 0.1) is 5.92 Å². The minimum absolute atomic E-state index is 0.112. The summed E-state index contributed by atoms with van der Waals surface area (Å²) in [6.45, 7) is 4.48. The Bertz CT molecular complexity index is 349. The van der Waals surface area contributed by atoms with Crippen molar-refractivity contribution in [2.45, 2.75) is 32.4 Å². The quantitative estimate of drug-likeness (QED) is 0.795. The highest BCUT2D eigenvalue weighted by atomic mass is 16.1. The van der Waals surface area contributed by atoms with Crippen molar-refractivity contribution in [3.8, 4) is 0 Å². The van der Waals surface area contributed by atoms with Crippen molar-refractivity contribution in [3.05, 3.63) is 18.5 Å². The van der Waals surface area contributed by atoms with Gasteiger partial charge < -0.3 is 10.6 Å². The Morgan fingerprint density at radius 1 is 1.65 bits per heavy atom. The second-order valence-corrected chi connectivity index (χ2v) is 4.55. The molecule has 1 aromatic heterocycles. The summed E-state index contributed by atoms with van der Waals surface area (Å²) in [6, 6.07) is 2.17. The SMILES string of the molecule is CC1NCCCC1C(=O)NCCn1cccn1. The first-order valence-electron chi connectivity index (χ1n) is 6.26. The summed E-state index contributed by atoms with van der Waals surface area (Å²) >= 11 is 0. The van der Waals surface area contributed by atoms with Crippen molar-refractivity contribution < 1.29 is 4.79 Å². The Hall–Kier alpha value is -1.36. The van der Waals surface area contributed by atoms with Crippen LogP contribution >= 0.6 is 0 Å². The lowest BCUT2D eigenvalue weighted by molar-refractivity contribution is -0.126. The van der Waals surface area contributed by atoms with Crippen LogP contribution in [-0.2, 0) is 11.3 Å². The molecule has 2 N–H and O–H groups in total. The maximum absolute atomic E-state index is 12.0. The maximum atomic E-state index is 12.0. The number of hydrogen-bond donors (Lipinski definition) is 2. The van der Waals surface area contributed by atoms with Gasteiger partial charge in [-0.2, -0.15) is 5.10 Å². The summed E-state index contributed by atoms with van der Waals surface area (Å²) in [7, 11) is 0. The third-order valence-electron chi connectivity index (χ3n) is 3.30. The lowest BCUT2D eigenvalue weighted by Crippen LogP contribution is -2.47. The van der Waals surface area contributed by atoms with E-state index in [1.165, 1.54) is 0 Å². The third kappa shape index (κ3) is 3.30. The zero-order chi connectivity index (χ0) is 12.1. The molecule has 5 heteroatoms. The average molecular weight is 236 g/mol. The van der Waals surface area contributed by atoms with Crippen LogP contribution in [0.25, 0.3) is 0 Å². The van der Waals surface area contributed by atoms with E-state index in [4.69, 9.17) is 0 Å². The van der Waals surface area contributed by atoms with Gasteiger partial charge in [0.15, 0.2) is 0 Å². The molecular weight excluding hydrogens is 216 g/mol. The van der Waals surface area contributed by atoms with Crippen molar-refractivity contribution in [1.29, 1.82) is 0 Å². The number of carbonyl (C=O) groups excluding carboxylic acids is 1. The summed E-state index contributed by atoms with van der Waals surface area (Å²) < 4.78 is 1.82. The molecule has 0 saturated carbocycles. The number of carbonyl (C=O) groups is 1. The number of hydrogen-bond acceptors (Lipinski definition) is 3. The van der Waals surface area contributed by atoms with Gasteiger partial charge >= 0.3 is 0 Å². The van der Waals surface area contributed by atoms with E-state index >= 15 is 0 Å². The first-order valence-corrected chi connectivity index (χ1v) is 6.26. The lowest BCUT2D eigenvalue weighted by atomic mass is 9.91. The molecule has 5 nitrogen and oxygen atoms in total. The summed E-state index contributed by atoms with van der Waals surface area (Å²) in [5.74, 6) is 0.276. The third-order valence-corrected chi connectivity index (χ3v) is 3.30. The smallest absolute Gasteiger partial charge is 0.224 e. The zero-order valence-corrected chi connectivity index (χ0v) is 10.2. The highest BCUT2D eigenvalue weighted by Crippen LogP contribution is 2.15. The molecule has 2 heterocycles. The van der Waals surface area contributed by atoms with Crippen LogP contribution in [0.3, 0.4) is 0 Å². The van der Waals surface area contributed by atoms with E-state index < -0.39 is 0 Å². The monoisotopic (exact) mass is 236 g/mol. The molecule has 1 aliphatic heterocycles. The molecule has 1 aliphatic rings.